The Morgan fingerprint density at radius 2 is 2.16 bits per heavy atom. The van der Waals surface area contributed by atoms with E-state index in [1.54, 1.807) is 25.9 Å². The summed E-state index contributed by atoms with van der Waals surface area (Å²) in [5.74, 6) is 0.714. The van der Waals surface area contributed by atoms with E-state index in [-0.39, 0.29) is 11.1 Å². The molecule has 19 heavy (non-hydrogen) atoms. The van der Waals surface area contributed by atoms with Gasteiger partial charge in [-0.15, -0.1) is 11.8 Å². The number of carbonyl (C=O) groups is 1. The van der Waals surface area contributed by atoms with Crippen LogP contribution in [0.1, 0.15) is 10.4 Å². The number of benzene rings is 1. The first kappa shape index (κ1) is 13.5. The highest BCUT2D eigenvalue weighted by Gasteiger charge is 2.14. The van der Waals surface area contributed by atoms with Crippen molar-refractivity contribution >= 4 is 18.0 Å². The number of H-pyrrole nitrogens is 1. The molecule has 0 spiro atoms. The standard InChI is InChI=1S/C13H14N2O3S/c1-15-13(17)9(7-16)12(14-15)8-4-5-11(19-3)10(6-8)18-2/h4-7,14H,1-3H3. The number of carbonyl (C=O) groups excluding carboxylic acids is 1. The molecule has 100 valence electrons. The first-order chi connectivity index (χ1) is 9.12. The van der Waals surface area contributed by atoms with Crippen molar-refractivity contribution in [2.75, 3.05) is 13.4 Å². The maximum atomic E-state index is 11.7. The molecule has 0 amide bonds. The molecule has 1 heterocycles. The zero-order valence-corrected chi connectivity index (χ0v) is 11.7. The molecule has 1 N–H and O–H groups in total. The van der Waals surface area contributed by atoms with Gasteiger partial charge in [0.25, 0.3) is 5.56 Å². The van der Waals surface area contributed by atoms with Gasteiger partial charge in [0.05, 0.1) is 12.8 Å². The van der Waals surface area contributed by atoms with Crippen LogP contribution in [-0.2, 0) is 7.05 Å². The molecule has 2 rings (SSSR count). The van der Waals surface area contributed by atoms with Crippen molar-refractivity contribution in [1.29, 1.82) is 0 Å². The summed E-state index contributed by atoms with van der Waals surface area (Å²) in [4.78, 5) is 23.8. The molecule has 0 bridgehead atoms. The maximum absolute atomic E-state index is 11.7. The number of methoxy groups -OCH3 is 1. The molecule has 0 aliphatic heterocycles. The van der Waals surface area contributed by atoms with Crippen LogP contribution in [0, 0.1) is 0 Å². The van der Waals surface area contributed by atoms with Crippen molar-refractivity contribution < 1.29 is 9.53 Å². The predicted molar refractivity (Wildman–Crippen MR) is 75.2 cm³/mol. The van der Waals surface area contributed by atoms with Gasteiger partial charge in [0, 0.05) is 17.5 Å². The van der Waals surface area contributed by atoms with Crippen LogP contribution in [0.5, 0.6) is 5.75 Å². The van der Waals surface area contributed by atoms with Crippen molar-refractivity contribution in [2.45, 2.75) is 4.90 Å². The average molecular weight is 278 g/mol. The van der Waals surface area contributed by atoms with Gasteiger partial charge in [-0.05, 0) is 18.4 Å². The van der Waals surface area contributed by atoms with Crippen LogP contribution in [0.2, 0.25) is 0 Å². The molecule has 0 radical (unpaired) electrons. The molecule has 0 saturated carbocycles. The van der Waals surface area contributed by atoms with Crippen molar-refractivity contribution in [3.8, 4) is 17.0 Å². The van der Waals surface area contributed by atoms with Crippen LogP contribution < -0.4 is 10.3 Å². The molecular formula is C13H14N2O3S. The fraction of sp³-hybridized carbons (Fsp3) is 0.231. The van der Waals surface area contributed by atoms with Crippen LogP contribution in [0.3, 0.4) is 0 Å². The second-order valence-electron chi connectivity index (χ2n) is 3.95. The van der Waals surface area contributed by atoms with Gasteiger partial charge >= 0.3 is 0 Å². The Kier molecular flexibility index (Phi) is 3.80. The van der Waals surface area contributed by atoms with Gasteiger partial charge in [-0.1, -0.05) is 6.07 Å². The first-order valence-corrected chi connectivity index (χ1v) is 6.81. The van der Waals surface area contributed by atoms with Gasteiger partial charge in [0.2, 0.25) is 0 Å². The van der Waals surface area contributed by atoms with Gasteiger partial charge < -0.3 is 4.74 Å². The minimum Gasteiger partial charge on any atom is -0.496 e. The summed E-state index contributed by atoms with van der Waals surface area (Å²) >= 11 is 1.57. The summed E-state index contributed by atoms with van der Waals surface area (Å²) < 4.78 is 6.59. The molecule has 1 aromatic carbocycles. The lowest BCUT2D eigenvalue weighted by atomic mass is 10.1. The third-order valence-corrected chi connectivity index (χ3v) is 3.65. The summed E-state index contributed by atoms with van der Waals surface area (Å²) in [6, 6.07) is 5.56. The largest absolute Gasteiger partial charge is 0.496 e. The smallest absolute Gasteiger partial charge is 0.277 e. The SMILES string of the molecule is COc1cc(-c2[nH]n(C)c(=O)c2C=O)ccc1SC. The lowest BCUT2D eigenvalue weighted by molar-refractivity contribution is 0.112. The van der Waals surface area contributed by atoms with Crippen LogP contribution in [0.4, 0.5) is 0 Å². The number of aldehydes is 1. The highest BCUT2D eigenvalue weighted by Crippen LogP contribution is 2.32. The van der Waals surface area contributed by atoms with Gasteiger partial charge in [-0.25, -0.2) is 0 Å². The number of hydrogen-bond donors (Lipinski definition) is 1. The Balaban J connectivity index is 2.62. The predicted octanol–water partition coefficient (Wildman–Crippen LogP) is 1.92. The molecule has 0 fully saturated rings. The lowest BCUT2D eigenvalue weighted by Gasteiger charge is -2.08. The Labute approximate surface area is 114 Å². The van der Waals surface area contributed by atoms with Crippen LogP contribution >= 0.6 is 11.8 Å². The quantitative estimate of drug-likeness (QED) is 0.685. The fourth-order valence-electron chi connectivity index (χ4n) is 1.89. The topological polar surface area (TPSA) is 64.1 Å². The van der Waals surface area contributed by atoms with Crippen molar-refractivity contribution in [3.05, 3.63) is 34.1 Å². The van der Waals surface area contributed by atoms with Crippen LogP contribution in [0.25, 0.3) is 11.3 Å². The number of aryl methyl sites for hydroxylation is 1. The highest BCUT2D eigenvalue weighted by atomic mass is 32.2. The summed E-state index contributed by atoms with van der Waals surface area (Å²) in [5.41, 5.74) is 1.04. The van der Waals surface area contributed by atoms with E-state index in [9.17, 15) is 9.59 Å². The molecule has 5 nitrogen and oxygen atoms in total. The van der Waals surface area contributed by atoms with E-state index in [2.05, 4.69) is 5.10 Å². The van der Waals surface area contributed by atoms with E-state index < -0.39 is 0 Å². The molecule has 0 aliphatic carbocycles. The number of ether oxygens (including phenoxy) is 1. The molecule has 1 aromatic heterocycles. The van der Waals surface area contributed by atoms with Gasteiger partial charge in [0.15, 0.2) is 6.29 Å². The Bertz CT molecular complexity index is 673. The lowest BCUT2D eigenvalue weighted by Crippen LogP contribution is -2.14. The van der Waals surface area contributed by atoms with Crippen LogP contribution in [0.15, 0.2) is 27.9 Å². The van der Waals surface area contributed by atoms with Crippen molar-refractivity contribution in [1.82, 2.24) is 9.78 Å². The molecular weight excluding hydrogens is 264 g/mol. The Morgan fingerprint density at radius 1 is 1.42 bits per heavy atom. The summed E-state index contributed by atoms with van der Waals surface area (Å²) in [7, 11) is 3.17. The van der Waals surface area contributed by atoms with Gasteiger partial charge in [0.1, 0.15) is 11.3 Å². The summed E-state index contributed by atoms with van der Waals surface area (Å²) in [6.45, 7) is 0. The number of thioether (sulfide) groups is 1. The zero-order chi connectivity index (χ0) is 14.0. The number of aromatic nitrogens is 2. The monoisotopic (exact) mass is 278 g/mol. The van der Waals surface area contributed by atoms with E-state index in [1.807, 2.05) is 24.5 Å². The fourth-order valence-corrected chi connectivity index (χ4v) is 2.43. The Hall–Kier alpha value is -1.95. The van der Waals surface area contributed by atoms with E-state index >= 15 is 0 Å². The highest BCUT2D eigenvalue weighted by molar-refractivity contribution is 7.98. The molecule has 0 unspecified atom stereocenters. The normalized spacial score (nSPS) is 10.5. The average Bonchev–Trinajstić information content (AvgIpc) is 2.73. The minimum atomic E-state index is -0.335. The molecule has 6 heteroatoms. The van der Waals surface area contributed by atoms with Crippen LogP contribution in [-0.4, -0.2) is 29.4 Å². The number of aromatic amines is 1. The summed E-state index contributed by atoms with van der Waals surface area (Å²) in [6.07, 6.45) is 2.53. The van der Waals surface area contributed by atoms with E-state index in [4.69, 9.17) is 4.74 Å². The summed E-state index contributed by atoms with van der Waals surface area (Å²) in [5, 5.41) is 2.88. The van der Waals surface area contributed by atoms with E-state index in [0.717, 1.165) is 10.5 Å². The minimum absolute atomic E-state index is 0.126. The third-order valence-electron chi connectivity index (χ3n) is 2.87. The van der Waals surface area contributed by atoms with E-state index in [1.165, 1.54) is 4.68 Å². The van der Waals surface area contributed by atoms with Gasteiger partial charge in [-0.3, -0.25) is 19.4 Å². The molecule has 2 aromatic rings. The number of hydrogen-bond acceptors (Lipinski definition) is 4. The second kappa shape index (κ2) is 5.36. The molecule has 0 saturated heterocycles. The zero-order valence-electron chi connectivity index (χ0n) is 10.9. The number of nitrogens with one attached hydrogen (secondary N) is 1. The van der Waals surface area contributed by atoms with Crippen molar-refractivity contribution in [2.24, 2.45) is 7.05 Å². The Morgan fingerprint density at radius 3 is 2.74 bits per heavy atom. The molecule has 0 atom stereocenters. The molecule has 0 aliphatic rings. The second-order valence-corrected chi connectivity index (χ2v) is 4.80. The maximum Gasteiger partial charge on any atom is 0.277 e. The van der Waals surface area contributed by atoms with Crippen molar-refractivity contribution in [3.63, 3.8) is 0 Å². The third kappa shape index (κ3) is 2.31. The number of nitrogens with zero attached hydrogens (tertiary/aromatic N) is 1. The van der Waals surface area contributed by atoms with Gasteiger partial charge in [-0.2, -0.15) is 0 Å². The van der Waals surface area contributed by atoms with E-state index in [0.29, 0.717) is 17.7 Å². The number of rotatable bonds is 4. The first-order valence-electron chi connectivity index (χ1n) is 5.59.